The van der Waals surface area contributed by atoms with E-state index in [-0.39, 0.29) is 11.5 Å². The zero-order valence-corrected chi connectivity index (χ0v) is 16.1. The molecule has 0 bridgehead atoms. The Labute approximate surface area is 168 Å². The van der Waals surface area contributed by atoms with E-state index in [2.05, 4.69) is 0 Å². The molecule has 1 amide bonds. The quantitative estimate of drug-likeness (QED) is 0.528. The van der Waals surface area contributed by atoms with Crippen LogP contribution in [0.5, 0.6) is 11.5 Å². The van der Waals surface area contributed by atoms with Crippen molar-refractivity contribution < 1.29 is 28.2 Å². The molecule has 3 rings (SSSR count). The Morgan fingerprint density at radius 3 is 2.66 bits per heavy atom. The minimum Gasteiger partial charge on any atom is -0.486 e. The molecule has 0 N–H and O–H groups in total. The van der Waals surface area contributed by atoms with E-state index in [1.165, 1.54) is 18.2 Å². The number of hydrogen-bond acceptors (Lipinski definition) is 5. The number of amides is 1. The summed E-state index contributed by atoms with van der Waals surface area (Å²) in [5.41, 5.74) is 1.15. The molecule has 29 heavy (non-hydrogen) atoms. The van der Waals surface area contributed by atoms with E-state index >= 15 is 0 Å². The number of halogens is 1. The van der Waals surface area contributed by atoms with Gasteiger partial charge in [-0.2, -0.15) is 0 Å². The van der Waals surface area contributed by atoms with Crippen LogP contribution in [0.15, 0.2) is 48.5 Å². The maximum Gasteiger partial charge on any atom is 0.331 e. The van der Waals surface area contributed by atoms with Gasteiger partial charge in [0.2, 0.25) is 0 Å². The third-order valence-electron chi connectivity index (χ3n) is 4.36. The molecule has 0 atom stereocenters. The van der Waals surface area contributed by atoms with Crippen LogP contribution in [0, 0.1) is 5.82 Å². The van der Waals surface area contributed by atoms with Gasteiger partial charge in [0, 0.05) is 24.7 Å². The highest BCUT2D eigenvalue weighted by molar-refractivity contribution is 5.89. The summed E-state index contributed by atoms with van der Waals surface area (Å²) >= 11 is 0. The van der Waals surface area contributed by atoms with Gasteiger partial charge >= 0.3 is 5.97 Å². The molecule has 152 valence electrons. The number of fused-ring (bicyclic) bond motifs is 1. The molecular formula is C22H22FNO5. The lowest BCUT2D eigenvalue weighted by Crippen LogP contribution is -2.34. The van der Waals surface area contributed by atoms with Crippen LogP contribution in [0.25, 0.3) is 6.08 Å². The van der Waals surface area contributed by atoms with Gasteiger partial charge in [-0.05, 0) is 36.8 Å². The topological polar surface area (TPSA) is 65.1 Å². The minimum absolute atomic E-state index is 0.268. The third kappa shape index (κ3) is 5.57. The first-order valence-electron chi connectivity index (χ1n) is 9.32. The molecule has 0 unspecified atom stereocenters. The zero-order chi connectivity index (χ0) is 20.6. The molecular weight excluding hydrogens is 377 g/mol. The fourth-order valence-corrected chi connectivity index (χ4v) is 2.82. The van der Waals surface area contributed by atoms with Crippen molar-refractivity contribution in [2.24, 2.45) is 0 Å². The van der Waals surface area contributed by atoms with Crippen LogP contribution >= 0.6 is 0 Å². The number of likely N-dealkylation sites (N-methyl/N-ethyl adjacent to an activating group) is 1. The summed E-state index contributed by atoms with van der Waals surface area (Å²) < 4.78 is 29.6. The first-order valence-corrected chi connectivity index (χ1v) is 9.32. The van der Waals surface area contributed by atoms with E-state index in [1.807, 2.05) is 25.1 Å². The summed E-state index contributed by atoms with van der Waals surface area (Å²) in [5, 5.41) is 0. The Hall–Kier alpha value is -3.35. The van der Waals surface area contributed by atoms with Crippen LogP contribution in [0.1, 0.15) is 18.1 Å². The molecule has 2 aromatic carbocycles. The third-order valence-corrected chi connectivity index (χ3v) is 4.36. The fourth-order valence-electron chi connectivity index (χ4n) is 2.82. The van der Waals surface area contributed by atoms with Gasteiger partial charge < -0.3 is 19.1 Å². The van der Waals surface area contributed by atoms with Gasteiger partial charge in [-0.1, -0.05) is 24.3 Å². The Morgan fingerprint density at radius 2 is 1.90 bits per heavy atom. The van der Waals surface area contributed by atoms with Crippen molar-refractivity contribution in [3.05, 3.63) is 65.5 Å². The van der Waals surface area contributed by atoms with Gasteiger partial charge in [-0.3, -0.25) is 4.79 Å². The highest BCUT2D eigenvalue weighted by atomic mass is 19.1. The molecule has 1 heterocycles. The summed E-state index contributed by atoms with van der Waals surface area (Å²) in [6.07, 6.45) is 2.41. The van der Waals surface area contributed by atoms with E-state index < -0.39 is 18.4 Å². The maximum atomic E-state index is 13.5. The molecule has 0 aromatic heterocycles. The second-order valence-corrected chi connectivity index (χ2v) is 6.35. The van der Waals surface area contributed by atoms with Gasteiger partial charge in [0.05, 0.1) is 0 Å². The smallest absolute Gasteiger partial charge is 0.331 e. The second-order valence-electron chi connectivity index (χ2n) is 6.35. The lowest BCUT2D eigenvalue weighted by atomic mass is 10.1. The highest BCUT2D eigenvalue weighted by Gasteiger charge is 2.17. The maximum absolute atomic E-state index is 13.5. The number of esters is 1. The number of ether oxygens (including phenoxy) is 3. The molecule has 0 spiro atoms. The SMILES string of the molecule is CCN(Cc1ccc2c(c1)OCCO2)C(=O)COC(=O)/C=C/c1ccccc1F. The number of hydrogen-bond donors (Lipinski definition) is 0. The standard InChI is InChI=1S/C22H22FNO5/c1-2-24(14-16-7-9-19-20(13-16)28-12-11-27-19)21(25)15-29-22(26)10-8-17-5-3-4-6-18(17)23/h3-10,13H,2,11-12,14-15H2,1H3/b10-8+. The van der Waals surface area contributed by atoms with E-state index in [0.29, 0.717) is 37.8 Å². The fraction of sp³-hybridized carbons (Fsp3) is 0.273. The van der Waals surface area contributed by atoms with Crippen LogP contribution in [-0.2, 0) is 20.9 Å². The summed E-state index contributed by atoms with van der Waals surface area (Å²) in [5.74, 6) is -0.136. The van der Waals surface area contributed by atoms with E-state index in [0.717, 1.165) is 11.6 Å². The molecule has 0 aliphatic carbocycles. The molecule has 0 radical (unpaired) electrons. The summed E-state index contributed by atoms with van der Waals surface area (Å²) in [6.45, 7) is 3.27. The predicted octanol–water partition coefficient (Wildman–Crippen LogP) is 3.20. The Bertz CT molecular complexity index is 912. The van der Waals surface area contributed by atoms with Gasteiger partial charge in [0.25, 0.3) is 5.91 Å². The Kier molecular flexibility index (Phi) is 6.84. The van der Waals surface area contributed by atoms with Crippen LogP contribution in [0.2, 0.25) is 0 Å². The molecule has 7 heteroatoms. The number of carbonyl (C=O) groups excluding carboxylic acids is 2. The van der Waals surface area contributed by atoms with E-state index in [4.69, 9.17) is 14.2 Å². The Morgan fingerprint density at radius 1 is 1.14 bits per heavy atom. The summed E-state index contributed by atoms with van der Waals surface area (Å²) in [6, 6.07) is 11.6. The van der Waals surface area contributed by atoms with Gasteiger partial charge in [-0.15, -0.1) is 0 Å². The second kappa shape index (κ2) is 9.73. The van der Waals surface area contributed by atoms with Crippen molar-refractivity contribution in [2.75, 3.05) is 26.4 Å². The average molecular weight is 399 g/mol. The van der Waals surface area contributed by atoms with Gasteiger partial charge in [0.1, 0.15) is 19.0 Å². The number of rotatable bonds is 7. The van der Waals surface area contributed by atoms with E-state index in [1.54, 1.807) is 17.0 Å². The highest BCUT2D eigenvalue weighted by Crippen LogP contribution is 2.31. The van der Waals surface area contributed by atoms with Crippen LogP contribution < -0.4 is 9.47 Å². The number of nitrogens with zero attached hydrogens (tertiary/aromatic N) is 1. The normalized spacial score (nSPS) is 12.6. The van der Waals surface area contributed by atoms with Gasteiger partial charge in [-0.25, -0.2) is 9.18 Å². The van der Waals surface area contributed by atoms with Crippen molar-refractivity contribution in [3.63, 3.8) is 0 Å². The number of carbonyl (C=O) groups is 2. The van der Waals surface area contributed by atoms with Crippen molar-refractivity contribution >= 4 is 18.0 Å². The van der Waals surface area contributed by atoms with Gasteiger partial charge in [0.15, 0.2) is 18.1 Å². The van der Waals surface area contributed by atoms with Crippen molar-refractivity contribution in [1.29, 1.82) is 0 Å². The van der Waals surface area contributed by atoms with Crippen LogP contribution in [0.3, 0.4) is 0 Å². The van der Waals surface area contributed by atoms with Crippen molar-refractivity contribution in [3.8, 4) is 11.5 Å². The first-order chi connectivity index (χ1) is 14.1. The van der Waals surface area contributed by atoms with Crippen molar-refractivity contribution in [1.82, 2.24) is 4.90 Å². The molecule has 2 aromatic rings. The van der Waals surface area contributed by atoms with Crippen LogP contribution in [-0.4, -0.2) is 43.1 Å². The first kappa shape index (κ1) is 20.4. The molecule has 0 saturated carbocycles. The lowest BCUT2D eigenvalue weighted by Gasteiger charge is -2.23. The predicted molar refractivity (Wildman–Crippen MR) is 105 cm³/mol. The van der Waals surface area contributed by atoms with Crippen LogP contribution in [0.4, 0.5) is 4.39 Å². The molecule has 6 nitrogen and oxygen atoms in total. The average Bonchev–Trinajstić information content (AvgIpc) is 2.75. The monoisotopic (exact) mass is 399 g/mol. The Balaban J connectivity index is 1.53. The molecule has 0 fully saturated rings. The lowest BCUT2D eigenvalue weighted by molar-refractivity contribution is -0.148. The summed E-state index contributed by atoms with van der Waals surface area (Å²) in [7, 11) is 0. The molecule has 1 aliphatic heterocycles. The number of benzene rings is 2. The molecule has 0 saturated heterocycles. The largest absolute Gasteiger partial charge is 0.486 e. The zero-order valence-electron chi connectivity index (χ0n) is 16.1. The summed E-state index contributed by atoms with van der Waals surface area (Å²) in [4.78, 5) is 25.8. The van der Waals surface area contributed by atoms with E-state index in [9.17, 15) is 14.0 Å². The minimum atomic E-state index is -0.711. The molecule has 1 aliphatic rings. The van der Waals surface area contributed by atoms with Crippen molar-refractivity contribution in [2.45, 2.75) is 13.5 Å².